The van der Waals surface area contributed by atoms with Gasteiger partial charge in [-0.1, -0.05) is 17.7 Å². The quantitative estimate of drug-likeness (QED) is 0.767. The van der Waals surface area contributed by atoms with Crippen LogP contribution in [0.2, 0.25) is 5.02 Å². The third-order valence-electron chi connectivity index (χ3n) is 6.74. The predicted octanol–water partition coefficient (Wildman–Crippen LogP) is 3.70. The Balaban J connectivity index is 1.69. The third kappa shape index (κ3) is 3.02. The van der Waals surface area contributed by atoms with Gasteiger partial charge in [-0.15, -0.1) is 0 Å². The molecule has 1 aliphatic carbocycles. The molecule has 2 N–H and O–H groups in total. The lowest BCUT2D eigenvalue weighted by atomic mass is 9.66. The molecule has 0 saturated heterocycles. The first kappa shape index (κ1) is 20.3. The summed E-state index contributed by atoms with van der Waals surface area (Å²) < 4.78 is 25.9. The maximum absolute atomic E-state index is 14.0. The average Bonchev–Trinajstić information content (AvgIpc) is 2.97. The highest BCUT2D eigenvalue weighted by Crippen LogP contribution is 2.54. The first-order chi connectivity index (χ1) is 14.8. The highest BCUT2D eigenvalue weighted by atomic mass is 35.5. The molecule has 2 unspecified atom stereocenters. The second kappa shape index (κ2) is 7.21. The van der Waals surface area contributed by atoms with Crippen molar-refractivity contribution in [2.24, 2.45) is 16.6 Å². The van der Waals surface area contributed by atoms with Crippen LogP contribution in [-0.4, -0.2) is 43.1 Å². The number of halogens is 2. The third-order valence-corrected chi connectivity index (χ3v) is 6.96. The van der Waals surface area contributed by atoms with Gasteiger partial charge in [-0.05, 0) is 54.3 Å². The van der Waals surface area contributed by atoms with Crippen molar-refractivity contribution in [3.8, 4) is 16.9 Å². The number of fused-ring (bicyclic) bond motifs is 4. The first-order valence-electron chi connectivity index (χ1n) is 10.3. The molecule has 5 rings (SSSR count). The summed E-state index contributed by atoms with van der Waals surface area (Å²) >= 11 is 6.07. The number of carbonyl (C=O) groups excluding carboxylic acids is 1. The number of rotatable bonds is 2. The van der Waals surface area contributed by atoms with Gasteiger partial charge in [0.05, 0.1) is 6.10 Å². The van der Waals surface area contributed by atoms with Gasteiger partial charge in [0.1, 0.15) is 17.7 Å². The molecule has 0 bridgehead atoms. The summed E-state index contributed by atoms with van der Waals surface area (Å²) in [6.45, 7) is 0. The number of methoxy groups -OCH3 is 1. The molecular formula is C23H23ClFN3O3. The Hall–Kier alpha value is -2.64. The molecule has 1 saturated carbocycles. The number of nitrogens with zero attached hydrogens (tertiary/aromatic N) is 2. The van der Waals surface area contributed by atoms with Crippen molar-refractivity contribution >= 4 is 23.5 Å². The van der Waals surface area contributed by atoms with Crippen molar-refractivity contribution in [1.29, 1.82) is 0 Å². The van der Waals surface area contributed by atoms with E-state index in [2.05, 4.69) is 0 Å². The Morgan fingerprint density at radius 1 is 1.26 bits per heavy atom. The van der Waals surface area contributed by atoms with E-state index in [-0.39, 0.29) is 30.0 Å². The molecule has 3 aliphatic rings. The van der Waals surface area contributed by atoms with Gasteiger partial charge in [-0.3, -0.25) is 9.69 Å². The number of likely N-dealkylation sites (N-methyl/N-ethyl adjacent to an activating group) is 1. The van der Waals surface area contributed by atoms with Gasteiger partial charge in [0.2, 0.25) is 0 Å². The Morgan fingerprint density at radius 3 is 2.74 bits per heavy atom. The zero-order valence-electron chi connectivity index (χ0n) is 17.3. The highest BCUT2D eigenvalue weighted by molar-refractivity contribution is 6.30. The number of amides is 1. The molecule has 4 atom stereocenters. The Kier molecular flexibility index (Phi) is 4.71. The summed E-state index contributed by atoms with van der Waals surface area (Å²) in [6, 6.07) is 9.87. The van der Waals surface area contributed by atoms with Crippen LogP contribution in [0.15, 0.2) is 41.4 Å². The summed E-state index contributed by atoms with van der Waals surface area (Å²) in [4.78, 5) is 19.7. The summed E-state index contributed by atoms with van der Waals surface area (Å²) in [7, 11) is 3.33. The fourth-order valence-electron chi connectivity index (χ4n) is 5.19. The van der Waals surface area contributed by atoms with Crippen LogP contribution in [0, 0.1) is 11.7 Å². The maximum atomic E-state index is 14.0. The topological polar surface area (TPSA) is 77.2 Å². The van der Waals surface area contributed by atoms with Crippen molar-refractivity contribution in [2.75, 3.05) is 14.2 Å². The molecule has 2 heterocycles. The van der Waals surface area contributed by atoms with Gasteiger partial charge >= 0.3 is 0 Å². The lowest BCUT2D eigenvalue weighted by Crippen LogP contribution is -2.55. The minimum atomic E-state index is -1.16. The van der Waals surface area contributed by atoms with Crippen molar-refractivity contribution < 1.29 is 18.7 Å². The minimum absolute atomic E-state index is 0.0733. The number of carbonyl (C=O) groups is 1. The zero-order chi connectivity index (χ0) is 21.9. The summed E-state index contributed by atoms with van der Waals surface area (Å²) in [5, 5.41) is 0.301. The fraction of sp³-hybridized carbons (Fsp3) is 0.391. The number of guanidine groups is 1. The van der Waals surface area contributed by atoms with E-state index in [0.717, 1.165) is 18.4 Å². The second-order valence-electron chi connectivity index (χ2n) is 8.40. The molecule has 0 radical (unpaired) electrons. The van der Waals surface area contributed by atoms with Crippen LogP contribution < -0.4 is 10.5 Å². The fourth-order valence-corrected chi connectivity index (χ4v) is 5.41. The van der Waals surface area contributed by atoms with Crippen LogP contribution in [-0.2, 0) is 15.1 Å². The SMILES string of the molecule is COC1CC[C@@H]2[C@@H](C1)Oc1ccc(-c3cc(F)cc(Cl)c3)cc1C21N=C(N)N(C)C1=O. The van der Waals surface area contributed by atoms with Gasteiger partial charge in [-0.25, -0.2) is 9.38 Å². The highest BCUT2D eigenvalue weighted by Gasteiger charge is 2.60. The van der Waals surface area contributed by atoms with Crippen molar-refractivity contribution in [1.82, 2.24) is 4.90 Å². The van der Waals surface area contributed by atoms with Crippen LogP contribution >= 0.6 is 11.6 Å². The second-order valence-corrected chi connectivity index (χ2v) is 8.84. The van der Waals surface area contributed by atoms with E-state index >= 15 is 0 Å². The number of hydrogen-bond donors (Lipinski definition) is 1. The molecular weight excluding hydrogens is 421 g/mol. The van der Waals surface area contributed by atoms with Gasteiger partial charge in [0.25, 0.3) is 5.91 Å². The van der Waals surface area contributed by atoms with Crippen LogP contribution in [0.5, 0.6) is 5.75 Å². The Bertz CT molecular complexity index is 1090. The summed E-state index contributed by atoms with van der Waals surface area (Å²) in [5.74, 6) is 0.000729. The normalized spacial score (nSPS) is 29.4. The number of hydrogen-bond acceptors (Lipinski definition) is 5. The first-order valence-corrected chi connectivity index (χ1v) is 10.6. The number of benzene rings is 2. The van der Waals surface area contributed by atoms with E-state index in [4.69, 9.17) is 31.8 Å². The largest absolute Gasteiger partial charge is 0.490 e. The zero-order valence-corrected chi connectivity index (χ0v) is 18.0. The standard InChI is InChI=1S/C23H23ClFN3O3/c1-28-21(29)23(27-22(28)26)17-5-4-16(30-2)11-20(17)31-19-6-3-12(9-18(19)23)13-7-14(24)10-15(25)8-13/h3,6-10,16-17,20H,4-5,11H2,1-2H3,(H2,26,27)/t16?,17-,20-,23?/m1/s1. The van der Waals surface area contributed by atoms with Crippen LogP contribution in [0.25, 0.3) is 11.1 Å². The van der Waals surface area contributed by atoms with Crippen LogP contribution in [0.1, 0.15) is 24.8 Å². The molecule has 2 aromatic carbocycles. The number of aliphatic imine (C=N–C) groups is 1. The average molecular weight is 444 g/mol. The van der Waals surface area contributed by atoms with E-state index in [1.165, 1.54) is 17.0 Å². The molecule has 0 aromatic heterocycles. The molecule has 8 heteroatoms. The van der Waals surface area contributed by atoms with E-state index in [9.17, 15) is 9.18 Å². The van der Waals surface area contributed by atoms with E-state index in [0.29, 0.717) is 28.3 Å². The molecule has 1 fully saturated rings. The number of ether oxygens (including phenoxy) is 2. The van der Waals surface area contributed by atoms with Gasteiger partial charge in [-0.2, -0.15) is 0 Å². The monoisotopic (exact) mass is 443 g/mol. The Morgan fingerprint density at radius 2 is 2.06 bits per heavy atom. The molecule has 162 valence electrons. The predicted molar refractivity (Wildman–Crippen MR) is 115 cm³/mol. The van der Waals surface area contributed by atoms with Crippen LogP contribution in [0.3, 0.4) is 0 Å². The maximum Gasteiger partial charge on any atom is 0.262 e. The number of nitrogens with two attached hydrogens (primary N) is 1. The summed E-state index contributed by atoms with van der Waals surface area (Å²) in [5.41, 5.74) is 6.95. The van der Waals surface area contributed by atoms with Crippen LogP contribution in [0.4, 0.5) is 4.39 Å². The molecule has 31 heavy (non-hydrogen) atoms. The van der Waals surface area contributed by atoms with Crippen molar-refractivity contribution in [2.45, 2.75) is 37.0 Å². The van der Waals surface area contributed by atoms with E-state index in [1.807, 2.05) is 18.2 Å². The Labute approximate surface area is 184 Å². The van der Waals surface area contributed by atoms with Crippen molar-refractivity contribution in [3.63, 3.8) is 0 Å². The summed E-state index contributed by atoms with van der Waals surface area (Å²) in [6.07, 6.45) is 2.06. The van der Waals surface area contributed by atoms with E-state index in [1.54, 1.807) is 20.2 Å². The smallest absolute Gasteiger partial charge is 0.262 e. The molecule has 2 aliphatic heterocycles. The molecule has 2 aromatic rings. The van der Waals surface area contributed by atoms with Crippen molar-refractivity contribution in [3.05, 3.63) is 52.8 Å². The molecule has 6 nitrogen and oxygen atoms in total. The molecule has 1 amide bonds. The minimum Gasteiger partial charge on any atom is -0.490 e. The lowest BCUT2D eigenvalue weighted by Gasteiger charge is -2.47. The lowest BCUT2D eigenvalue weighted by molar-refractivity contribution is -0.138. The van der Waals surface area contributed by atoms with Gasteiger partial charge in [0, 0.05) is 37.1 Å². The van der Waals surface area contributed by atoms with Gasteiger partial charge in [0.15, 0.2) is 11.5 Å². The van der Waals surface area contributed by atoms with E-state index < -0.39 is 11.4 Å². The molecule has 1 spiro atoms. The van der Waals surface area contributed by atoms with Gasteiger partial charge < -0.3 is 15.2 Å².